The second kappa shape index (κ2) is 9.63. The van der Waals surface area contributed by atoms with Gasteiger partial charge in [0.15, 0.2) is 21.0 Å². The fourth-order valence-electron chi connectivity index (χ4n) is 3.80. The molecule has 176 valence electrons. The smallest absolute Gasteiger partial charge is 0.278 e. The first-order valence-electron chi connectivity index (χ1n) is 10.7. The molecule has 0 amide bonds. The van der Waals surface area contributed by atoms with Crippen molar-refractivity contribution in [2.45, 2.75) is 25.3 Å². The summed E-state index contributed by atoms with van der Waals surface area (Å²) in [6, 6.07) is 13.5. The molecule has 5 rings (SSSR count). The first kappa shape index (κ1) is 23.3. The molecule has 1 fully saturated rings. The number of hydrogen-bond donors (Lipinski definition) is 0. The SMILES string of the molecule is COc1ccccc1-n1c(SCC2OCCO2)nc2c(sc(=S)n2-c2ccc(C)c(C)c2)c1=O. The highest BCUT2D eigenvalue weighted by atomic mass is 32.2. The van der Waals surface area contributed by atoms with E-state index in [1.165, 1.54) is 28.7 Å². The molecule has 2 aromatic carbocycles. The number of benzene rings is 2. The Bertz CT molecular complexity index is 1490. The molecule has 0 bridgehead atoms. The molecule has 0 atom stereocenters. The van der Waals surface area contributed by atoms with Crippen LogP contribution in [0.15, 0.2) is 52.4 Å². The molecule has 1 saturated heterocycles. The van der Waals surface area contributed by atoms with Crippen molar-refractivity contribution in [1.82, 2.24) is 14.1 Å². The minimum atomic E-state index is -0.340. The van der Waals surface area contributed by atoms with Crippen LogP contribution in [0.25, 0.3) is 21.7 Å². The van der Waals surface area contributed by atoms with Gasteiger partial charge in [0.05, 0.1) is 31.8 Å². The van der Waals surface area contributed by atoms with Gasteiger partial charge in [0.1, 0.15) is 10.4 Å². The number of fused-ring (bicyclic) bond motifs is 1. The van der Waals surface area contributed by atoms with Crippen molar-refractivity contribution in [3.8, 4) is 17.1 Å². The van der Waals surface area contributed by atoms with Crippen molar-refractivity contribution in [2.75, 3.05) is 26.1 Å². The lowest BCUT2D eigenvalue weighted by atomic mass is 10.1. The maximum atomic E-state index is 13.9. The number of nitrogens with zero attached hydrogens (tertiary/aromatic N) is 3. The monoisotopic (exact) mass is 513 g/mol. The zero-order valence-electron chi connectivity index (χ0n) is 18.9. The summed E-state index contributed by atoms with van der Waals surface area (Å²) in [6.07, 6.45) is -0.340. The van der Waals surface area contributed by atoms with E-state index in [1.807, 2.05) is 34.9 Å². The fourth-order valence-corrected chi connectivity index (χ4v) is 6.04. The molecule has 0 unspecified atom stereocenters. The van der Waals surface area contributed by atoms with Crippen molar-refractivity contribution < 1.29 is 14.2 Å². The van der Waals surface area contributed by atoms with E-state index in [1.54, 1.807) is 11.7 Å². The van der Waals surface area contributed by atoms with Crippen molar-refractivity contribution in [3.63, 3.8) is 0 Å². The van der Waals surface area contributed by atoms with Crippen LogP contribution >= 0.6 is 35.3 Å². The zero-order chi connectivity index (χ0) is 23.8. The molecule has 1 aliphatic rings. The van der Waals surface area contributed by atoms with Crippen LogP contribution in [0.5, 0.6) is 5.75 Å². The van der Waals surface area contributed by atoms with Gasteiger partial charge in [-0.25, -0.2) is 4.98 Å². The minimum Gasteiger partial charge on any atom is -0.495 e. The molecule has 0 spiro atoms. The van der Waals surface area contributed by atoms with Crippen LogP contribution in [-0.2, 0) is 9.47 Å². The van der Waals surface area contributed by atoms with Gasteiger partial charge in [-0.15, -0.1) is 0 Å². The van der Waals surface area contributed by atoms with Gasteiger partial charge in [-0.1, -0.05) is 41.3 Å². The van der Waals surface area contributed by atoms with Crippen LogP contribution in [0.2, 0.25) is 0 Å². The number of para-hydroxylation sites is 2. The van der Waals surface area contributed by atoms with E-state index in [9.17, 15) is 4.79 Å². The molecule has 1 aliphatic heterocycles. The molecule has 0 N–H and O–H groups in total. The molecule has 0 saturated carbocycles. The molecule has 4 aromatic rings. The third-order valence-electron chi connectivity index (χ3n) is 5.69. The molecule has 10 heteroatoms. The number of ether oxygens (including phenoxy) is 3. The first-order chi connectivity index (χ1) is 16.5. The van der Waals surface area contributed by atoms with Crippen molar-refractivity contribution in [1.29, 1.82) is 0 Å². The average Bonchev–Trinajstić information content (AvgIpc) is 3.47. The highest BCUT2D eigenvalue weighted by molar-refractivity contribution is 7.99. The number of hydrogen-bond acceptors (Lipinski definition) is 8. The maximum absolute atomic E-state index is 13.9. The quantitative estimate of drug-likeness (QED) is 0.203. The molecule has 34 heavy (non-hydrogen) atoms. The molecule has 2 aromatic heterocycles. The normalized spacial score (nSPS) is 14.2. The summed E-state index contributed by atoms with van der Waals surface area (Å²) < 4.78 is 21.3. The van der Waals surface area contributed by atoms with Crippen LogP contribution in [0, 0.1) is 17.8 Å². The molecule has 3 heterocycles. The Morgan fingerprint density at radius 3 is 2.65 bits per heavy atom. The summed E-state index contributed by atoms with van der Waals surface area (Å²) in [7, 11) is 1.59. The third kappa shape index (κ3) is 4.20. The Kier molecular flexibility index (Phi) is 6.59. The second-order valence-corrected chi connectivity index (χ2v) is 10.4. The number of thiazole rings is 1. The van der Waals surface area contributed by atoms with Gasteiger partial charge in [-0.2, -0.15) is 0 Å². The fraction of sp³-hybridized carbons (Fsp3) is 0.292. The number of rotatable bonds is 6. The molecular weight excluding hydrogens is 490 g/mol. The van der Waals surface area contributed by atoms with Crippen molar-refractivity contribution in [3.05, 3.63) is 67.9 Å². The Hall–Kier alpha value is -2.50. The number of thioether (sulfide) groups is 1. The van der Waals surface area contributed by atoms with E-state index in [0.29, 0.717) is 49.9 Å². The highest BCUT2D eigenvalue weighted by Gasteiger charge is 2.23. The number of aromatic nitrogens is 3. The molecule has 7 nitrogen and oxygen atoms in total. The van der Waals surface area contributed by atoms with E-state index >= 15 is 0 Å². The number of methoxy groups -OCH3 is 1. The largest absolute Gasteiger partial charge is 0.495 e. The third-order valence-corrected chi connectivity index (χ3v) is 8.01. The molecular formula is C24H23N3O4S3. The van der Waals surface area contributed by atoms with Crippen LogP contribution in [0.1, 0.15) is 11.1 Å². The summed E-state index contributed by atoms with van der Waals surface area (Å²) in [6.45, 7) is 5.25. The van der Waals surface area contributed by atoms with Gasteiger partial charge in [0, 0.05) is 5.69 Å². The summed E-state index contributed by atoms with van der Waals surface area (Å²) in [5.74, 6) is 1.08. The van der Waals surface area contributed by atoms with Gasteiger partial charge in [0.2, 0.25) is 0 Å². The van der Waals surface area contributed by atoms with Crippen molar-refractivity contribution in [2.24, 2.45) is 0 Å². The highest BCUT2D eigenvalue weighted by Crippen LogP contribution is 2.31. The topological polar surface area (TPSA) is 67.5 Å². The van der Waals surface area contributed by atoms with Crippen LogP contribution in [-0.4, -0.2) is 46.5 Å². The predicted octanol–water partition coefficient (Wildman–Crippen LogP) is 5.06. The zero-order valence-corrected chi connectivity index (χ0v) is 21.4. The van der Waals surface area contributed by atoms with Gasteiger partial charge in [0.25, 0.3) is 5.56 Å². The van der Waals surface area contributed by atoms with E-state index in [2.05, 4.69) is 26.0 Å². The van der Waals surface area contributed by atoms with Crippen LogP contribution in [0.4, 0.5) is 0 Å². The lowest BCUT2D eigenvalue weighted by Crippen LogP contribution is -2.23. The first-order valence-corrected chi connectivity index (χ1v) is 12.9. The Labute approximate surface area is 209 Å². The Morgan fingerprint density at radius 2 is 1.91 bits per heavy atom. The van der Waals surface area contributed by atoms with Gasteiger partial charge >= 0.3 is 0 Å². The van der Waals surface area contributed by atoms with Gasteiger partial charge in [-0.05, 0) is 61.5 Å². The lowest BCUT2D eigenvalue weighted by molar-refractivity contribution is -0.0215. The Morgan fingerprint density at radius 1 is 1.15 bits per heavy atom. The summed E-state index contributed by atoms with van der Waals surface area (Å²) >= 11 is 8.37. The maximum Gasteiger partial charge on any atom is 0.278 e. The van der Waals surface area contributed by atoms with E-state index < -0.39 is 0 Å². The average molecular weight is 514 g/mol. The van der Waals surface area contributed by atoms with Crippen LogP contribution in [0.3, 0.4) is 0 Å². The van der Waals surface area contributed by atoms with Gasteiger partial charge in [-0.3, -0.25) is 13.9 Å². The number of aryl methyl sites for hydroxylation is 2. The van der Waals surface area contributed by atoms with Crippen molar-refractivity contribution >= 4 is 45.7 Å². The van der Waals surface area contributed by atoms with E-state index in [-0.39, 0.29) is 11.8 Å². The summed E-state index contributed by atoms with van der Waals surface area (Å²) in [5, 5.41) is 0.520. The molecule has 0 aliphatic carbocycles. The summed E-state index contributed by atoms with van der Waals surface area (Å²) in [4.78, 5) is 18.8. The lowest BCUT2D eigenvalue weighted by Gasteiger charge is -2.16. The van der Waals surface area contributed by atoms with Crippen LogP contribution < -0.4 is 10.3 Å². The van der Waals surface area contributed by atoms with E-state index in [0.717, 1.165) is 11.3 Å². The minimum absolute atomic E-state index is 0.191. The second-order valence-electron chi connectivity index (χ2n) is 7.81. The Balaban J connectivity index is 1.74. The standard InChI is InChI=1S/C24H23N3O4S3/c1-14-8-9-16(12-15(14)2)26-21-20(34-24(26)32)22(28)27(17-6-4-5-7-18(17)29-3)23(25-21)33-13-19-30-10-11-31-19/h4-9,12,19H,10-11,13H2,1-3H3. The van der Waals surface area contributed by atoms with E-state index in [4.69, 9.17) is 31.4 Å². The van der Waals surface area contributed by atoms with Gasteiger partial charge < -0.3 is 14.2 Å². The molecule has 0 radical (unpaired) electrons. The predicted molar refractivity (Wildman–Crippen MR) is 138 cm³/mol. The summed E-state index contributed by atoms with van der Waals surface area (Å²) in [5.41, 5.74) is 4.20.